The number of fused-ring (bicyclic) bond motifs is 1. The first-order valence-electron chi connectivity index (χ1n) is 14.9. The number of ether oxygens (including phenoxy) is 3. The molecule has 2 aliphatic rings. The Morgan fingerprint density at radius 3 is 2.55 bits per heavy atom. The van der Waals surface area contributed by atoms with E-state index in [2.05, 4.69) is 6.92 Å². The molecule has 7 heteroatoms. The third-order valence-corrected chi connectivity index (χ3v) is 7.78. The normalized spacial score (nSPS) is 19.1. The van der Waals surface area contributed by atoms with Crippen molar-refractivity contribution in [3.8, 4) is 17.2 Å². The Labute approximate surface area is 247 Å². The van der Waals surface area contributed by atoms with Crippen LogP contribution in [0.3, 0.4) is 0 Å². The first-order valence-corrected chi connectivity index (χ1v) is 14.9. The van der Waals surface area contributed by atoms with Crippen LogP contribution >= 0.6 is 0 Å². The van der Waals surface area contributed by atoms with Crippen LogP contribution in [0.15, 0.2) is 72.3 Å². The van der Waals surface area contributed by atoms with E-state index in [1.54, 1.807) is 11.0 Å². The van der Waals surface area contributed by atoms with E-state index in [0.717, 1.165) is 36.1 Å². The van der Waals surface area contributed by atoms with Gasteiger partial charge in [-0.2, -0.15) is 0 Å². The number of amides is 1. The van der Waals surface area contributed by atoms with Gasteiger partial charge in [-0.1, -0.05) is 56.2 Å². The molecule has 1 N–H and O–H groups in total. The van der Waals surface area contributed by atoms with E-state index in [-0.39, 0.29) is 17.4 Å². The summed E-state index contributed by atoms with van der Waals surface area (Å²) < 4.78 is 17.8. The van der Waals surface area contributed by atoms with Crippen LogP contribution in [-0.2, 0) is 22.4 Å². The highest BCUT2D eigenvalue weighted by atomic mass is 16.5. The number of Topliss-reactive ketones (excluding diaryl/α,β-unsaturated/α-hetero) is 1. The van der Waals surface area contributed by atoms with Crippen LogP contribution in [-0.4, -0.2) is 47.6 Å². The second-order valence-corrected chi connectivity index (χ2v) is 10.9. The van der Waals surface area contributed by atoms with Gasteiger partial charge in [0, 0.05) is 18.5 Å². The number of benzene rings is 3. The number of aliphatic hydroxyl groups excluding tert-OH is 1. The highest BCUT2D eigenvalue weighted by molar-refractivity contribution is 6.46. The van der Waals surface area contributed by atoms with E-state index in [0.29, 0.717) is 55.2 Å². The minimum absolute atomic E-state index is 0.0423. The van der Waals surface area contributed by atoms with Crippen molar-refractivity contribution in [2.75, 3.05) is 19.8 Å². The van der Waals surface area contributed by atoms with Gasteiger partial charge in [-0.3, -0.25) is 9.59 Å². The van der Waals surface area contributed by atoms with Crippen LogP contribution in [0.1, 0.15) is 68.3 Å². The summed E-state index contributed by atoms with van der Waals surface area (Å²) in [6, 6.07) is 20.0. The number of ketones is 1. The van der Waals surface area contributed by atoms with Crippen LogP contribution in [0.4, 0.5) is 0 Å². The van der Waals surface area contributed by atoms with Gasteiger partial charge in [-0.15, -0.1) is 0 Å². The number of hydrogen-bond acceptors (Lipinski definition) is 6. The summed E-state index contributed by atoms with van der Waals surface area (Å²) in [5, 5.41) is 11.6. The van der Waals surface area contributed by atoms with Gasteiger partial charge in [0.2, 0.25) is 0 Å². The van der Waals surface area contributed by atoms with Crippen LogP contribution in [0.5, 0.6) is 17.2 Å². The third-order valence-electron chi connectivity index (χ3n) is 7.78. The maximum Gasteiger partial charge on any atom is 0.295 e. The van der Waals surface area contributed by atoms with Crippen molar-refractivity contribution < 1.29 is 28.9 Å². The van der Waals surface area contributed by atoms with Gasteiger partial charge >= 0.3 is 0 Å². The Kier molecular flexibility index (Phi) is 9.15. The zero-order valence-corrected chi connectivity index (χ0v) is 24.6. The predicted molar refractivity (Wildman–Crippen MR) is 162 cm³/mol. The van der Waals surface area contributed by atoms with Gasteiger partial charge < -0.3 is 24.2 Å². The quantitative estimate of drug-likeness (QED) is 0.114. The predicted octanol–water partition coefficient (Wildman–Crippen LogP) is 6.64. The molecular weight excluding hydrogens is 530 g/mol. The van der Waals surface area contributed by atoms with Crippen molar-refractivity contribution in [1.82, 2.24) is 4.90 Å². The molecule has 0 radical (unpaired) electrons. The van der Waals surface area contributed by atoms with Crippen molar-refractivity contribution in [3.05, 3.63) is 94.6 Å². The van der Waals surface area contributed by atoms with E-state index in [9.17, 15) is 14.7 Å². The van der Waals surface area contributed by atoms with Crippen molar-refractivity contribution in [2.45, 2.75) is 65.0 Å². The molecule has 2 atom stereocenters. The van der Waals surface area contributed by atoms with Crippen molar-refractivity contribution >= 4 is 17.4 Å². The molecule has 1 fully saturated rings. The molecule has 0 saturated carbocycles. The number of unbranched alkanes of at least 4 members (excludes halogenated alkanes) is 2. The lowest BCUT2D eigenvalue weighted by atomic mass is 9.94. The lowest BCUT2D eigenvalue weighted by Crippen LogP contribution is -2.31. The summed E-state index contributed by atoms with van der Waals surface area (Å²) in [5.74, 6) is 0.409. The minimum Gasteiger partial charge on any atom is -0.507 e. The Morgan fingerprint density at radius 1 is 0.976 bits per heavy atom. The molecule has 220 valence electrons. The molecule has 2 aliphatic heterocycles. The van der Waals surface area contributed by atoms with E-state index in [1.165, 1.54) is 0 Å². The molecular formula is C35H39NO6. The number of nitrogens with zero attached hydrogens (tertiary/aromatic N) is 1. The topological polar surface area (TPSA) is 85.3 Å². The molecule has 1 amide bonds. The van der Waals surface area contributed by atoms with Crippen LogP contribution in [0, 0.1) is 0 Å². The second kappa shape index (κ2) is 13.1. The van der Waals surface area contributed by atoms with Gasteiger partial charge in [0.05, 0.1) is 24.8 Å². The van der Waals surface area contributed by atoms with Gasteiger partial charge in [0.1, 0.15) is 17.6 Å². The van der Waals surface area contributed by atoms with Gasteiger partial charge in [0.25, 0.3) is 11.7 Å². The van der Waals surface area contributed by atoms with E-state index in [4.69, 9.17) is 14.2 Å². The average Bonchev–Trinajstić information content (AvgIpc) is 3.50. The number of rotatable bonds is 12. The summed E-state index contributed by atoms with van der Waals surface area (Å²) in [4.78, 5) is 28.7. The molecule has 0 spiro atoms. The highest BCUT2D eigenvalue weighted by Crippen LogP contribution is 2.43. The molecule has 0 aliphatic carbocycles. The monoisotopic (exact) mass is 569 g/mol. The SMILES string of the molecule is CCCCCOc1ccc(C2C(=C(O)c3ccc4c(c3)CC(C)O4)C(=O)C(=O)N2CCc2ccccc2)cc1OCC. The lowest BCUT2D eigenvalue weighted by Gasteiger charge is -2.26. The number of likely N-dealkylation sites (tertiary alicyclic amines) is 1. The van der Waals surface area contributed by atoms with Crippen LogP contribution in [0.25, 0.3) is 5.76 Å². The molecule has 5 rings (SSSR count). The standard InChI is InChI=1S/C35H39NO6/c1-4-6-10-19-41-29-16-13-25(22-30(29)40-5-2)32-31(33(37)26-14-15-28-27(21-26)20-23(3)42-28)34(38)35(39)36(32)18-17-24-11-8-7-9-12-24/h7-9,11-16,21-23,32,37H,4-6,10,17-20H2,1-3H3. The third kappa shape index (κ3) is 6.15. The molecule has 0 aromatic heterocycles. The van der Waals surface area contributed by atoms with Crippen molar-refractivity contribution in [2.24, 2.45) is 0 Å². The van der Waals surface area contributed by atoms with Crippen LogP contribution in [0.2, 0.25) is 0 Å². The molecule has 3 aromatic rings. The van der Waals surface area contributed by atoms with E-state index >= 15 is 0 Å². The largest absolute Gasteiger partial charge is 0.507 e. The molecule has 2 heterocycles. The summed E-state index contributed by atoms with van der Waals surface area (Å²) in [7, 11) is 0. The number of hydrogen-bond donors (Lipinski definition) is 1. The number of carbonyl (C=O) groups excluding carboxylic acids is 2. The smallest absolute Gasteiger partial charge is 0.295 e. The van der Waals surface area contributed by atoms with Crippen molar-refractivity contribution in [1.29, 1.82) is 0 Å². The fourth-order valence-corrected chi connectivity index (χ4v) is 5.69. The van der Waals surface area contributed by atoms with Gasteiger partial charge in [-0.25, -0.2) is 0 Å². The maximum absolute atomic E-state index is 13.6. The fourth-order valence-electron chi connectivity index (χ4n) is 5.69. The summed E-state index contributed by atoms with van der Waals surface area (Å²) in [6.45, 7) is 7.35. The van der Waals surface area contributed by atoms with Gasteiger partial charge in [-0.05, 0) is 73.7 Å². The second-order valence-electron chi connectivity index (χ2n) is 10.9. The Balaban J connectivity index is 1.55. The molecule has 42 heavy (non-hydrogen) atoms. The maximum atomic E-state index is 13.6. The Hall–Kier alpha value is -4.26. The highest BCUT2D eigenvalue weighted by Gasteiger charge is 2.46. The van der Waals surface area contributed by atoms with E-state index in [1.807, 2.05) is 74.5 Å². The first-order chi connectivity index (χ1) is 20.4. The number of aliphatic hydroxyl groups is 1. The van der Waals surface area contributed by atoms with Crippen molar-refractivity contribution in [3.63, 3.8) is 0 Å². The molecule has 2 unspecified atom stereocenters. The Bertz CT molecular complexity index is 1460. The van der Waals surface area contributed by atoms with Gasteiger partial charge in [0.15, 0.2) is 11.5 Å². The zero-order valence-electron chi connectivity index (χ0n) is 24.6. The summed E-state index contributed by atoms with van der Waals surface area (Å²) >= 11 is 0. The van der Waals surface area contributed by atoms with E-state index < -0.39 is 17.7 Å². The first kappa shape index (κ1) is 29.2. The fraction of sp³-hybridized carbons (Fsp3) is 0.371. The molecule has 7 nitrogen and oxygen atoms in total. The summed E-state index contributed by atoms with van der Waals surface area (Å²) in [6.07, 6.45) is 4.43. The molecule has 3 aromatic carbocycles. The molecule has 1 saturated heterocycles. The Morgan fingerprint density at radius 2 is 1.79 bits per heavy atom. The van der Waals surface area contributed by atoms with Crippen LogP contribution < -0.4 is 14.2 Å². The lowest BCUT2D eigenvalue weighted by molar-refractivity contribution is -0.139. The zero-order chi connectivity index (χ0) is 29.6. The average molecular weight is 570 g/mol. The molecule has 0 bridgehead atoms. The minimum atomic E-state index is -0.787. The number of carbonyl (C=O) groups is 2. The summed E-state index contributed by atoms with van der Waals surface area (Å²) in [5.41, 5.74) is 3.24.